The van der Waals surface area contributed by atoms with Gasteiger partial charge in [0.2, 0.25) is 0 Å². The molecule has 1 saturated carbocycles. The Morgan fingerprint density at radius 2 is 2.12 bits per heavy atom. The second-order valence-corrected chi connectivity index (χ2v) is 4.34. The highest BCUT2D eigenvalue weighted by atomic mass is 16.3. The number of H-pyrrole nitrogens is 1. The maximum Gasteiger partial charge on any atom is 0.135 e. The minimum atomic E-state index is -0.458. The van der Waals surface area contributed by atoms with E-state index in [1.54, 1.807) is 12.4 Å². The Balaban J connectivity index is 1.73. The van der Waals surface area contributed by atoms with E-state index in [0.717, 1.165) is 6.42 Å². The van der Waals surface area contributed by atoms with Crippen molar-refractivity contribution in [1.82, 2.24) is 9.97 Å². The Morgan fingerprint density at radius 3 is 2.81 bits per heavy atom. The van der Waals surface area contributed by atoms with Crippen molar-refractivity contribution in [2.45, 2.75) is 18.4 Å². The fourth-order valence-electron chi connectivity index (χ4n) is 2.29. The molecule has 0 bridgehead atoms. The molecule has 0 spiro atoms. The van der Waals surface area contributed by atoms with Gasteiger partial charge in [-0.05, 0) is 23.8 Å². The normalized spacial score (nSPS) is 25.3. The van der Waals surface area contributed by atoms with Gasteiger partial charge in [-0.15, -0.1) is 0 Å². The highest BCUT2D eigenvalue weighted by Gasteiger charge is 2.44. The molecule has 16 heavy (non-hydrogen) atoms. The van der Waals surface area contributed by atoms with Crippen molar-refractivity contribution >= 4 is 0 Å². The van der Waals surface area contributed by atoms with Gasteiger partial charge in [0.25, 0.3) is 0 Å². The van der Waals surface area contributed by atoms with Crippen molar-refractivity contribution in [3.8, 4) is 0 Å². The number of hydrogen-bond donors (Lipinski definition) is 2. The fourth-order valence-corrected chi connectivity index (χ4v) is 2.29. The molecule has 3 heteroatoms. The summed E-state index contributed by atoms with van der Waals surface area (Å²) in [5, 5.41) is 10.1. The first-order valence-electron chi connectivity index (χ1n) is 5.58. The number of nitrogens with zero attached hydrogens (tertiary/aromatic N) is 1. The van der Waals surface area contributed by atoms with Crippen LogP contribution in [0.3, 0.4) is 0 Å². The molecule has 0 aliphatic heterocycles. The topological polar surface area (TPSA) is 48.9 Å². The Kier molecular flexibility index (Phi) is 2.26. The molecular formula is C13H14N2O. The molecule has 0 saturated heterocycles. The first-order valence-corrected chi connectivity index (χ1v) is 5.58. The van der Waals surface area contributed by atoms with Crippen molar-refractivity contribution in [2.24, 2.45) is 5.92 Å². The van der Waals surface area contributed by atoms with Gasteiger partial charge in [0.15, 0.2) is 0 Å². The SMILES string of the molecule is OC(c1ncc[nH]1)C1CC1c1ccccc1. The lowest BCUT2D eigenvalue weighted by atomic mass is 10.1. The Labute approximate surface area is 94.2 Å². The molecule has 3 unspecified atom stereocenters. The van der Waals surface area contributed by atoms with Crippen LogP contribution in [0.1, 0.15) is 29.8 Å². The average molecular weight is 214 g/mol. The predicted octanol–water partition coefficient (Wildman–Crippen LogP) is 2.25. The average Bonchev–Trinajstić information content (AvgIpc) is 2.95. The minimum Gasteiger partial charge on any atom is -0.385 e. The van der Waals surface area contributed by atoms with Gasteiger partial charge in [-0.1, -0.05) is 30.3 Å². The van der Waals surface area contributed by atoms with E-state index in [1.807, 2.05) is 18.2 Å². The van der Waals surface area contributed by atoms with Gasteiger partial charge < -0.3 is 10.1 Å². The van der Waals surface area contributed by atoms with Gasteiger partial charge >= 0.3 is 0 Å². The molecule has 1 aromatic carbocycles. The standard InChI is InChI=1S/C13H14N2O/c16-12(13-14-6-7-15-13)11-8-10(11)9-4-2-1-3-5-9/h1-7,10-12,16H,8H2,(H,14,15). The molecule has 1 aromatic heterocycles. The van der Waals surface area contributed by atoms with Crippen LogP contribution in [0.25, 0.3) is 0 Å². The second kappa shape index (κ2) is 3.76. The molecule has 0 amide bonds. The van der Waals surface area contributed by atoms with Gasteiger partial charge in [0.1, 0.15) is 11.9 Å². The van der Waals surface area contributed by atoms with Gasteiger partial charge in [-0.3, -0.25) is 0 Å². The summed E-state index contributed by atoms with van der Waals surface area (Å²) in [4.78, 5) is 7.07. The van der Waals surface area contributed by atoms with E-state index >= 15 is 0 Å². The third-order valence-corrected chi connectivity index (χ3v) is 3.27. The van der Waals surface area contributed by atoms with Crippen LogP contribution in [0, 0.1) is 5.92 Å². The van der Waals surface area contributed by atoms with Crippen LogP contribution in [-0.4, -0.2) is 15.1 Å². The molecule has 3 nitrogen and oxygen atoms in total. The molecule has 3 rings (SSSR count). The Morgan fingerprint density at radius 1 is 1.31 bits per heavy atom. The van der Waals surface area contributed by atoms with Crippen molar-refractivity contribution in [2.75, 3.05) is 0 Å². The van der Waals surface area contributed by atoms with Crippen LogP contribution in [0.5, 0.6) is 0 Å². The highest BCUT2D eigenvalue weighted by Crippen LogP contribution is 2.53. The number of aromatic amines is 1. The molecule has 1 aliphatic carbocycles. The molecule has 82 valence electrons. The summed E-state index contributed by atoms with van der Waals surface area (Å²) in [6.07, 6.45) is 4.02. The number of rotatable bonds is 3. The first-order chi connectivity index (χ1) is 7.86. The van der Waals surface area contributed by atoms with Crippen molar-refractivity contribution in [1.29, 1.82) is 0 Å². The van der Waals surface area contributed by atoms with Crippen LogP contribution in [-0.2, 0) is 0 Å². The first kappa shape index (κ1) is 9.60. The molecule has 1 heterocycles. The van der Waals surface area contributed by atoms with Crippen LogP contribution in [0.15, 0.2) is 42.7 Å². The molecule has 0 radical (unpaired) electrons. The zero-order chi connectivity index (χ0) is 11.0. The second-order valence-electron chi connectivity index (χ2n) is 4.34. The predicted molar refractivity (Wildman–Crippen MR) is 60.8 cm³/mol. The Hall–Kier alpha value is -1.61. The van der Waals surface area contributed by atoms with Crippen molar-refractivity contribution < 1.29 is 5.11 Å². The van der Waals surface area contributed by atoms with E-state index in [9.17, 15) is 5.11 Å². The summed E-state index contributed by atoms with van der Waals surface area (Å²) in [5.74, 6) is 1.48. The monoisotopic (exact) mass is 214 g/mol. The lowest BCUT2D eigenvalue weighted by Crippen LogP contribution is -2.03. The molecule has 2 aromatic rings. The smallest absolute Gasteiger partial charge is 0.135 e. The number of nitrogens with one attached hydrogen (secondary N) is 1. The summed E-state index contributed by atoms with van der Waals surface area (Å²) in [7, 11) is 0. The third kappa shape index (κ3) is 1.63. The number of imidazole rings is 1. The summed E-state index contributed by atoms with van der Waals surface area (Å²) < 4.78 is 0. The zero-order valence-corrected chi connectivity index (χ0v) is 8.88. The van der Waals surface area contributed by atoms with Gasteiger partial charge in [0.05, 0.1) is 0 Å². The highest BCUT2D eigenvalue weighted by molar-refractivity contribution is 5.27. The number of aliphatic hydroxyl groups excluding tert-OH is 1. The third-order valence-electron chi connectivity index (χ3n) is 3.27. The van der Waals surface area contributed by atoms with Gasteiger partial charge in [-0.2, -0.15) is 0 Å². The summed E-state index contributed by atoms with van der Waals surface area (Å²) in [6, 6.07) is 10.4. The number of aromatic nitrogens is 2. The number of hydrogen-bond acceptors (Lipinski definition) is 2. The number of benzene rings is 1. The summed E-state index contributed by atoms with van der Waals surface area (Å²) in [6.45, 7) is 0. The van der Waals surface area contributed by atoms with Crippen LogP contribution < -0.4 is 0 Å². The van der Waals surface area contributed by atoms with E-state index in [1.165, 1.54) is 5.56 Å². The van der Waals surface area contributed by atoms with Crippen LogP contribution in [0.2, 0.25) is 0 Å². The molecular weight excluding hydrogens is 200 g/mol. The van der Waals surface area contributed by atoms with E-state index in [4.69, 9.17) is 0 Å². The van der Waals surface area contributed by atoms with E-state index in [-0.39, 0.29) is 0 Å². The lowest BCUT2D eigenvalue weighted by molar-refractivity contribution is 0.142. The summed E-state index contributed by atoms with van der Waals surface area (Å²) in [5.41, 5.74) is 1.32. The minimum absolute atomic E-state index is 0.313. The van der Waals surface area contributed by atoms with Crippen LogP contribution >= 0.6 is 0 Å². The van der Waals surface area contributed by atoms with Gasteiger partial charge in [-0.25, -0.2) is 4.98 Å². The zero-order valence-electron chi connectivity index (χ0n) is 8.88. The van der Waals surface area contributed by atoms with E-state index in [2.05, 4.69) is 22.1 Å². The molecule has 1 fully saturated rings. The van der Waals surface area contributed by atoms with Crippen molar-refractivity contribution in [3.63, 3.8) is 0 Å². The van der Waals surface area contributed by atoms with E-state index < -0.39 is 6.10 Å². The van der Waals surface area contributed by atoms with Crippen molar-refractivity contribution in [3.05, 3.63) is 54.1 Å². The number of aliphatic hydroxyl groups is 1. The van der Waals surface area contributed by atoms with Crippen LogP contribution in [0.4, 0.5) is 0 Å². The Bertz CT molecular complexity index is 452. The quantitative estimate of drug-likeness (QED) is 0.823. The molecule has 3 atom stereocenters. The maximum atomic E-state index is 10.1. The molecule has 1 aliphatic rings. The van der Waals surface area contributed by atoms with Gasteiger partial charge in [0, 0.05) is 12.4 Å². The lowest BCUT2D eigenvalue weighted by Gasteiger charge is -2.06. The molecule has 2 N–H and O–H groups in total. The fraction of sp³-hybridized carbons (Fsp3) is 0.308. The van der Waals surface area contributed by atoms with E-state index in [0.29, 0.717) is 17.7 Å². The summed E-state index contributed by atoms with van der Waals surface area (Å²) >= 11 is 0. The maximum absolute atomic E-state index is 10.1. The largest absolute Gasteiger partial charge is 0.385 e.